The minimum Gasteiger partial charge on any atom is -0.479 e. The molecule has 0 aromatic carbocycles. The molecule has 0 aliphatic carbocycles. The summed E-state index contributed by atoms with van der Waals surface area (Å²) in [5.41, 5.74) is 0. The Hall–Kier alpha value is -0.260. The van der Waals surface area contributed by atoms with Crippen LogP contribution in [-0.2, 0) is 9.53 Å². The Morgan fingerprint density at radius 3 is 2.93 bits per heavy atom. The Bertz CT molecular complexity index is 180. The molecule has 2 atom stereocenters. The van der Waals surface area contributed by atoms with Gasteiger partial charge in [0.2, 0.25) is 0 Å². The van der Waals surface area contributed by atoms with E-state index in [9.17, 15) is 4.79 Å². The quantitative estimate of drug-likeness (QED) is 0.641. The van der Waals surface area contributed by atoms with Crippen LogP contribution in [0.25, 0.3) is 0 Å². The van der Waals surface area contributed by atoms with Crippen molar-refractivity contribution in [2.24, 2.45) is 5.92 Å². The number of aliphatic carboxylic acids is 1. The average Bonchev–Trinajstić information content (AvgIpc) is 2.64. The molecule has 82 valence electrons. The fourth-order valence-electron chi connectivity index (χ4n) is 1.48. The summed E-state index contributed by atoms with van der Waals surface area (Å²) in [4.78, 5) is 10.9. The zero-order valence-electron chi connectivity index (χ0n) is 8.02. The summed E-state index contributed by atoms with van der Waals surface area (Å²) in [6.07, 6.45) is 0.737. The van der Waals surface area contributed by atoms with Gasteiger partial charge in [0.25, 0.3) is 0 Å². The van der Waals surface area contributed by atoms with Crippen LogP contribution in [0.3, 0.4) is 0 Å². The van der Waals surface area contributed by atoms with E-state index in [2.05, 4.69) is 0 Å². The van der Waals surface area contributed by atoms with Crippen LogP contribution in [0.1, 0.15) is 12.8 Å². The first-order valence-corrected chi connectivity index (χ1v) is 5.94. The number of ether oxygens (including phenoxy) is 1. The van der Waals surface area contributed by atoms with Gasteiger partial charge in [-0.05, 0) is 24.3 Å². The van der Waals surface area contributed by atoms with Crippen LogP contribution in [0.2, 0.25) is 0 Å². The summed E-state index contributed by atoms with van der Waals surface area (Å²) in [6, 6.07) is 0. The molecule has 5 heteroatoms. The van der Waals surface area contributed by atoms with Crippen molar-refractivity contribution in [3.05, 3.63) is 0 Å². The summed E-state index contributed by atoms with van der Waals surface area (Å²) in [5, 5.41) is 17.5. The van der Waals surface area contributed by atoms with Gasteiger partial charge in [-0.25, -0.2) is 4.79 Å². The van der Waals surface area contributed by atoms with Crippen molar-refractivity contribution < 1.29 is 19.7 Å². The maximum Gasteiger partial charge on any atom is 0.333 e. The molecule has 0 aromatic heterocycles. The first kappa shape index (κ1) is 11.8. The van der Waals surface area contributed by atoms with E-state index in [4.69, 9.17) is 14.9 Å². The molecule has 1 aliphatic heterocycles. The number of aliphatic hydroxyl groups excluding tert-OH is 1. The normalized spacial score (nSPS) is 23.6. The topological polar surface area (TPSA) is 66.8 Å². The van der Waals surface area contributed by atoms with Crippen LogP contribution in [0.4, 0.5) is 0 Å². The lowest BCUT2D eigenvalue weighted by Gasteiger charge is -2.18. The maximum atomic E-state index is 10.9. The van der Waals surface area contributed by atoms with E-state index < -0.39 is 12.1 Å². The molecule has 1 aliphatic rings. The Labute approximate surface area is 87.6 Å². The first-order valence-electron chi connectivity index (χ1n) is 4.78. The van der Waals surface area contributed by atoms with Crippen LogP contribution < -0.4 is 0 Å². The number of carbonyl (C=O) groups is 1. The van der Waals surface area contributed by atoms with E-state index in [-0.39, 0.29) is 12.5 Å². The predicted octanol–water partition coefficient (Wildman–Crippen LogP) is 0.592. The molecule has 1 rings (SSSR count). The highest BCUT2D eigenvalue weighted by Gasteiger charge is 2.31. The van der Waals surface area contributed by atoms with Gasteiger partial charge in [-0.1, -0.05) is 0 Å². The monoisotopic (exact) mass is 220 g/mol. The molecule has 2 unspecified atom stereocenters. The Balaban J connectivity index is 2.34. The van der Waals surface area contributed by atoms with E-state index in [1.165, 1.54) is 0 Å². The average molecular weight is 220 g/mol. The van der Waals surface area contributed by atoms with E-state index in [0.717, 1.165) is 17.9 Å². The van der Waals surface area contributed by atoms with Crippen molar-refractivity contribution in [2.75, 3.05) is 24.7 Å². The van der Waals surface area contributed by atoms with Crippen molar-refractivity contribution in [1.82, 2.24) is 0 Å². The van der Waals surface area contributed by atoms with E-state index in [0.29, 0.717) is 13.0 Å². The van der Waals surface area contributed by atoms with Crippen molar-refractivity contribution >= 4 is 17.7 Å². The molecule has 1 fully saturated rings. The smallest absolute Gasteiger partial charge is 0.333 e. The molecule has 4 nitrogen and oxygen atoms in total. The van der Waals surface area contributed by atoms with Gasteiger partial charge in [0.05, 0.1) is 0 Å². The molecule has 2 N–H and O–H groups in total. The first-order chi connectivity index (χ1) is 6.75. The van der Waals surface area contributed by atoms with Gasteiger partial charge >= 0.3 is 5.97 Å². The summed E-state index contributed by atoms with van der Waals surface area (Å²) in [5.74, 6) is 1.15. The second-order valence-corrected chi connectivity index (χ2v) is 4.48. The lowest BCUT2D eigenvalue weighted by Crippen LogP contribution is -2.33. The van der Waals surface area contributed by atoms with Crippen molar-refractivity contribution in [3.63, 3.8) is 0 Å². The second kappa shape index (κ2) is 6.27. The Kier molecular flexibility index (Phi) is 5.29. The van der Waals surface area contributed by atoms with Gasteiger partial charge in [0, 0.05) is 19.1 Å². The maximum absolute atomic E-state index is 10.9. The number of thioether (sulfide) groups is 1. The van der Waals surface area contributed by atoms with E-state index in [1.807, 2.05) is 0 Å². The molecular weight excluding hydrogens is 204 g/mol. The Morgan fingerprint density at radius 2 is 2.43 bits per heavy atom. The zero-order valence-corrected chi connectivity index (χ0v) is 8.83. The Morgan fingerprint density at radius 1 is 1.64 bits per heavy atom. The van der Waals surface area contributed by atoms with Gasteiger partial charge < -0.3 is 14.9 Å². The van der Waals surface area contributed by atoms with Gasteiger partial charge in [-0.15, -0.1) is 0 Å². The second-order valence-electron chi connectivity index (χ2n) is 3.33. The van der Waals surface area contributed by atoms with Crippen molar-refractivity contribution in [2.45, 2.75) is 18.9 Å². The van der Waals surface area contributed by atoms with Crippen molar-refractivity contribution in [1.29, 1.82) is 0 Å². The van der Waals surface area contributed by atoms with Crippen LogP contribution in [0.5, 0.6) is 0 Å². The number of aliphatic hydroxyl groups is 1. The van der Waals surface area contributed by atoms with Gasteiger partial charge in [-0.3, -0.25) is 0 Å². The molecule has 0 bridgehead atoms. The molecule has 0 aromatic rings. The minimum atomic E-state index is -0.879. The molecule has 0 saturated carbocycles. The third-order valence-corrected chi connectivity index (χ3v) is 3.42. The van der Waals surface area contributed by atoms with Crippen molar-refractivity contribution in [3.8, 4) is 0 Å². The third kappa shape index (κ3) is 3.48. The molecule has 1 saturated heterocycles. The molecule has 14 heavy (non-hydrogen) atoms. The summed E-state index contributed by atoms with van der Waals surface area (Å²) in [6.45, 7) is 0.375. The van der Waals surface area contributed by atoms with Gasteiger partial charge in [0.1, 0.15) is 0 Å². The minimum absolute atomic E-state index is 0.0474. The fourth-order valence-corrected chi connectivity index (χ4v) is 2.76. The summed E-state index contributed by atoms with van der Waals surface area (Å²) in [7, 11) is 0. The molecule has 0 spiro atoms. The highest BCUT2D eigenvalue weighted by Crippen LogP contribution is 2.27. The summed E-state index contributed by atoms with van der Waals surface area (Å²) < 4.78 is 5.26. The SMILES string of the molecule is O=C(O)C(OCCCO)C1CCSC1. The summed E-state index contributed by atoms with van der Waals surface area (Å²) >= 11 is 1.77. The largest absolute Gasteiger partial charge is 0.479 e. The highest BCUT2D eigenvalue weighted by atomic mass is 32.2. The van der Waals surface area contributed by atoms with Crippen LogP contribution in [-0.4, -0.2) is 47.0 Å². The van der Waals surface area contributed by atoms with Gasteiger partial charge in [0.15, 0.2) is 6.10 Å². The molecule has 0 amide bonds. The molecule has 1 heterocycles. The van der Waals surface area contributed by atoms with Crippen LogP contribution >= 0.6 is 11.8 Å². The fraction of sp³-hybridized carbons (Fsp3) is 0.889. The lowest BCUT2D eigenvalue weighted by molar-refractivity contribution is -0.153. The standard InChI is InChI=1S/C9H16O4S/c10-3-1-4-13-8(9(11)12)7-2-5-14-6-7/h7-8,10H,1-6H2,(H,11,12). The zero-order chi connectivity index (χ0) is 10.4. The number of rotatable bonds is 6. The number of carboxylic acids is 1. The van der Waals surface area contributed by atoms with Crippen LogP contribution in [0, 0.1) is 5.92 Å². The van der Waals surface area contributed by atoms with Gasteiger partial charge in [-0.2, -0.15) is 11.8 Å². The van der Waals surface area contributed by atoms with E-state index in [1.54, 1.807) is 11.8 Å². The predicted molar refractivity (Wildman–Crippen MR) is 54.5 cm³/mol. The third-order valence-electron chi connectivity index (χ3n) is 2.24. The highest BCUT2D eigenvalue weighted by molar-refractivity contribution is 7.99. The van der Waals surface area contributed by atoms with Crippen LogP contribution in [0.15, 0.2) is 0 Å². The van der Waals surface area contributed by atoms with E-state index >= 15 is 0 Å². The molecular formula is C9H16O4S. The number of carboxylic acid groups (broad SMARTS) is 1. The lowest BCUT2D eigenvalue weighted by atomic mass is 10.0. The number of hydrogen-bond donors (Lipinski definition) is 2. The number of hydrogen-bond acceptors (Lipinski definition) is 4. The molecule has 0 radical (unpaired) electrons.